The fourth-order valence-electron chi connectivity index (χ4n) is 2.88. The highest BCUT2D eigenvalue weighted by Crippen LogP contribution is 2.24. The topological polar surface area (TPSA) is 57.4 Å². The zero-order valence-corrected chi connectivity index (χ0v) is 14.2. The largest absolute Gasteiger partial charge is 0.444 e. The molecule has 22 heavy (non-hydrogen) atoms. The number of hydrogen-bond acceptors (Lipinski definition) is 3. The van der Waals surface area contributed by atoms with Gasteiger partial charge in [0.15, 0.2) is 0 Å². The lowest BCUT2D eigenvalue weighted by Crippen LogP contribution is -2.44. The van der Waals surface area contributed by atoms with Gasteiger partial charge in [-0.15, -0.1) is 0 Å². The van der Waals surface area contributed by atoms with Crippen LogP contribution in [0.1, 0.15) is 52.1 Å². The quantitative estimate of drug-likeness (QED) is 0.897. The van der Waals surface area contributed by atoms with Crippen LogP contribution in [0.25, 0.3) is 0 Å². The van der Waals surface area contributed by atoms with E-state index in [0.29, 0.717) is 12.1 Å². The van der Waals surface area contributed by atoms with Gasteiger partial charge in [-0.2, -0.15) is 0 Å². The van der Waals surface area contributed by atoms with Gasteiger partial charge in [-0.05, 0) is 58.6 Å². The maximum absolute atomic E-state index is 12.1. The van der Waals surface area contributed by atoms with Crippen LogP contribution in [-0.4, -0.2) is 40.7 Å². The number of aromatic nitrogens is 1. The number of H-pyrrole nitrogens is 1. The van der Waals surface area contributed by atoms with Gasteiger partial charge in [0.1, 0.15) is 5.60 Å². The fraction of sp³-hybridized carbons (Fsp3) is 0.706. The van der Waals surface area contributed by atoms with Crippen molar-refractivity contribution in [3.63, 3.8) is 0 Å². The summed E-state index contributed by atoms with van der Waals surface area (Å²) in [5.41, 5.74) is 0.785. The molecule has 0 aliphatic heterocycles. The molecule has 1 saturated carbocycles. The number of aromatic amines is 1. The van der Waals surface area contributed by atoms with E-state index in [-0.39, 0.29) is 6.09 Å². The highest BCUT2D eigenvalue weighted by molar-refractivity contribution is 5.68. The summed E-state index contributed by atoms with van der Waals surface area (Å²) >= 11 is 0. The van der Waals surface area contributed by atoms with Crippen molar-refractivity contribution in [3.8, 4) is 0 Å². The smallest absolute Gasteiger partial charge is 0.410 e. The third-order valence-electron chi connectivity index (χ3n) is 4.17. The van der Waals surface area contributed by atoms with E-state index >= 15 is 0 Å². The number of carbonyl (C=O) groups is 1. The first-order valence-electron chi connectivity index (χ1n) is 8.16. The molecule has 1 aliphatic rings. The van der Waals surface area contributed by atoms with Crippen LogP contribution in [0, 0.1) is 0 Å². The van der Waals surface area contributed by atoms with Gasteiger partial charge in [0, 0.05) is 37.6 Å². The lowest BCUT2D eigenvalue weighted by Gasteiger charge is -2.35. The standard InChI is InChI=1S/C17H29N3O2/c1-17(2,3)22-16(21)20(4)15-9-7-13(8-10-15)19-12-14-6-5-11-18-14/h5-6,11,13,15,18-19H,7-10,12H2,1-4H3. The highest BCUT2D eigenvalue weighted by Gasteiger charge is 2.29. The van der Waals surface area contributed by atoms with E-state index in [9.17, 15) is 4.79 Å². The lowest BCUT2D eigenvalue weighted by atomic mass is 9.90. The molecule has 2 rings (SSSR count). The van der Waals surface area contributed by atoms with Crippen molar-refractivity contribution in [1.29, 1.82) is 0 Å². The number of carbonyl (C=O) groups excluding carboxylic acids is 1. The van der Waals surface area contributed by atoms with E-state index in [0.717, 1.165) is 32.2 Å². The average molecular weight is 307 g/mol. The summed E-state index contributed by atoms with van der Waals surface area (Å²) in [6.45, 7) is 6.59. The number of nitrogens with zero attached hydrogens (tertiary/aromatic N) is 1. The Bertz CT molecular complexity index is 457. The van der Waals surface area contributed by atoms with Crippen LogP contribution in [0.4, 0.5) is 4.79 Å². The van der Waals surface area contributed by atoms with Gasteiger partial charge < -0.3 is 19.9 Å². The third kappa shape index (κ3) is 5.05. The maximum Gasteiger partial charge on any atom is 0.410 e. The molecular formula is C17H29N3O2. The second kappa shape index (κ2) is 7.18. The average Bonchev–Trinajstić information content (AvgIpc) is 2.96. The van der Waals surface area contributed by atoms with Crippen molar-refractivity contribution in [2.24, 2.45) is 0 Å². The van der Waals surface area contributed by atoms with E-state index in [1.807, 2.05) is 40.1 Å². The van der Waals surface area contributed by atoms with Crippen LogP contribution in [0.2, 0.25) is 0 Å². The SMILES string of the molecule is CN(C(=O)OC(C)(C)C)C1CCC(NCc2ccc[nH]2)CC1. The molecule has 1 aliphatic carbocycles. The summed E-state index contributed by atoms with van der Waals surface area (Å²) in [6.07, 6.45) is 5.98. The lowest BCUT2D eigenvalue weighted by molar-refractivity contribution is 0.0179. The van der Waals surface area contributed by atoms with Crippen molar-refractivity contribution in [2.75, 3.05) is 7.05 Å². The molecule has 1 fully saturated rings. The molecule has 0 atom stereocenters. The Hall–Kier alpha value is -1.49. The first-order valence-corrected chi connectivity index (χ1v) is 8.16. The van der Waals surface area contributed by atoms with Gasteiger partial charge in [0.05, 0.1) is 0 Å². The Morgan fingerprint density at radius 1 is 1.36 bits per heavy atom. The minimum atomic E-state index is -0.430. The Morgan fingerprint density at radius 3 is 2.59 bits per heavy atom. The Morgan fingerprint density at radius 2 is 2.05 bits per heavy atom. The number of hydrogen-bond donors (Lipinski definition) is 2. The molecule has 5 heteroatoms. The number of nitrogens with one attached hydrogen (secondary N) is 2. The van der Waals surface area contributed by atoms with E-state index in [1.165, 1.54) is 5.69 Å². The number of amides is 1. The minimum absolute atomic E-state index is 0.213. The van der Waals surface area contributed by atoms with Crippen molar-refractivity contribution in [3.05, 3.63) is 24.0 Å². The summed E-state index contributed by atoms with van der Waals surface area (Å²) in [6, 6.07) is 4.93. The van der Waals surface area contributed by atoms with E-state index < -0.39 is 5.60 Å². The predicted molar refractivity (Wildman–Crippen MR) is 87.7 cm³/mol. The Kier molecular flexibility index (Phi) is 5.51. The molecule has 0 unspecified atom stereocenters. The summed E-state index contributed by atoms with van der Waals surface area (Å²) in [7, 11) is 1.85. The van der Waals surface area contributed by atoms with Crippen molar-refractivity contribution < 1.29 is 9.53 Å². The Balaban J connectivity index is 1.73. The fourth-order valence-corrected chi connectivity index (χ4v) is 2.88. The molecule has 1 aromatic heterocycles. The van der Waals surface area contributed by atoms with Gasteiger partial charge in [0.2, 0.25) is 0 Å². The second-order valence-electron chi connectivity index (χ2n) is 7.17. The first-order chi connectivity index (χ1) is 10.3. The first kappa shape index (κ1) is 16.9. The maximum atomic E-state index is 12.1. The molecule has 1 heterocycles. The van der Waals surface area contributed by atoms with Gasteiger partial charge >= 0.3 is 6.09 Å². The zero-order valence-electron chi connectivity index (χ0n) is 14.2. The Labute approximate surface area is 133 Å². The van der Waals surface area contributed by atoms with Gasteiger partial charge in [-0.25, -0.2) is 4.79 Å². The van der Waals surface area contributed by atoms with Crippen molar-refractivity contribution >= 4 is 6.09 Å². The monoisotopic (exact) mass is 307 g/mol. The van der Waals surface area contributed by atoms with E-state index in [2.05, 4.69) is 16.4 Å². The third-order valence-corrected chi connectivity index (χ3v) is 4.17. The molecule has 5 nitrogen and oxygen atoms in total. The summed E-state index contributed by atoms with van der Waals surface area (Å²) in [5.74, 6) is 0. The summed E-state index contributed by atoms with van der Waals surface area (Å²) < 4.78 is 5.44. The van der Waals surface area contributed by atoms with Crippen LogP contribution in [0.5, 0.6) is 0 Å². The molecule has 1 amide bonds. The van der Waals surface area contributed by atoms with E-state index in [1.54, 1.807) is 4.90 Å². The molecule has 1 aromatic rings. The molecule has 0 bridgehead atoms. The second-order valence-corrected chi connectivity index (χ2v) is 7.17. The van der Waals surface area contributed by atoms with Crippen LogP contribution in [0.3, 0.4) is 0 Å². The molecule has 0 radical (unpaired) electrons. The summed E-state index contributed by atoms with van der Waals surface area (Å²) in [4.78, 5) is 17.1. The summed E-state index contributed by atoms with van der Waals surface area (Å²) in [5, 5.41) is 3.58. The number of rotatable bonds is 4. The van der Waals surface area contributed by atoms with Crippen LogP contribution >= 0.6 is 0 Å². The van der Waals surface area contributed by atoms with Crippen molar-refractivity contribution in [1.82, 2.24) is 15.2 Å². The van der Waals surface area contributed by atoms with E-state index in [4.69, 9.17) is 4.74 Å². The molecule has 0 saturated heterocycles. The minimum Gasteiger partial charge on any atom is -0.444 e. The van der Waals surface area contributed by atoms with Gasteiger partial charge in [-0.1, -0.05) is 0 Å². The number of ether oxygens (including phenoxy) is 1. The molecule has 124 valence electrons. The van der Waals surface area contributed by atoms with Gasteiger partial charge in [0.25, 0.3) is 0 Å². The van der Waals surface area contributed by atoms with Crippen LogP contribution in [0.15, 0.2) is 18.3 Å². The zero-order chi connectivity index (χ0) is 16.2. The molecule has 0 aromatic carbocycles. The molecule has 0 spiro atoms. The van der Waals surface area contributed by atoms with Crippen LogP contribution in [-0.2, 0) is 11.3 Å². The highest BCUT2D eigenvalue weighted by atomic mass is 16.6. The molecular weight excluding hydrogens is 278 g/mol. The molecule has 2 N–H and O–H groups in total. The van der Waals surface area contributed by atoms with Gasteiger partial charge in [-0.3, -0.25) is 0 Å². The van der Waals surface area contributed by atoms with Crippen LogP contribution < -0.4 is 5.32 Å². The normalized spacial score (nSPS) is 22.4. The van der Waals surface area contributed by atoms with Crippen molar-refractivity contribution in [2.45, 2.75) is 70.7 Å². The predicted octanol–water partition coefficient (Wildman–Crippen LogP) is 3.28.